The van der Waals surface area contributed by atoms with Crippen LogP contribution in [0.15, 0.2) is 20.6 Å². The fraction of sp³-hybridized carbons (Fsp3) is 0.500. The predicted octanol–water partition coefficient (Wildman–Crippen LogP) is 1.40. The van der Waals surface area contributed by atoms with Gasteiger partial charge in [0.2, 0.25) is 0 Å². The molecule has 0 radical (unpaired) electrons. The van der Waals surface area contributed by atoms with Crippen LogP contribution in [0.4, 0.5) is 0 Å². The molecule has 0 spiro atoms. The standard InChI is InChI=1S/C8H11BrN2O2S/c1-5(2-3-12)14-8-6(9)7(13)10-4-11-8/h4-5,12H,2-3H2,1H3,(H,10,11,13). The van der Waals surface area contributed by atoms with Crippen molar-refractivity contribution in [3.05, 3.63) is 21.2 Å². The molecule has 1 unspecified atom stereocenters. The summed E-state index contributed by atoms with van der Waals surface area (Å²) in [7, 11) is 0. The third kappa shape index (κ3) is 3.11. The number of halogens is 1. The lowest BCUT2D eigenvalue weighted by atomic mass is 10.3. The van der Waals surface area contributed by atoms with Crippen molar-refractivity contribution in [2.24, 2.45) is 0 Å². The second-order valence-electron chi connectivity index (χ2n) is 2.79. The number of rotatable bonds is 4. The van der Waals surface area contributed by atoms with Crippen molar-refractivity contribution in [2.45, 2.75) is 23.6 Å². The topological polar surface area (TPSA) is 66.0 Å². The molecule has 14 heavy (non-hydrogen) atoms. The van der Waals surface area contributed by atoms with E-state index in [2.05, 4.69) is 25.9 Å². The molecule has 1 heterocycles. The molecule has 0 bridgehead atoms. The number of hydrogen-bond donors (Lipinski definition) is 2. The Balaban J connectivity index is 2.76. The average molecular weight is 279 g/mol. The van der Waals surface area contributed by atoms with Gasteiger partial charge in [0.25, 0.3) is 5.56 Å². The van der Waals surface area contributed by atoms with E-state index in [0.29, 0.717) is 15.9 Å². The van der Waals surface area contributed by atoms with E-state index in [1.807, 2.05) is 6.92 Å². The Morgan fingerprint density at radius 2 is 2.50 bits per heavy atom. The lowest BCUT2D eigenvalue weighted by molar-refractivity contribution is 0.289. The van der Waals surface area contributed by atoms with E-state index >= 15 is 0 Å². The van der Waals surface area contributed by atoms with Gasteiger partial charge in [0.15, 0.2) is 0 Å². The number of aromatic amines is 1. The summed E-state index contributed by atoms with van der Waals surface area (Å²) < 4.78 is 0.454. The van der Waals surface area contributed by atoms with Crippen LogP contribution < -0.4 is 5.56 Å². The zero-order chi connectivity index (χ0) is 10.6. The molecule has 0 fully saturated rings. The fourth-order valence-corrected chi connectivity index (χ4v) is 2.29. The highest BCUT2D eigenvalue weighted by atomic mass is 79.9. The van der Waals surface area contributed by atoms with Gasteiger partial charge >= 0.3 is 0 Å². The van der Waals surface area contributed by atoms with E-state index in [0.717, 1.165) is 0 Å². The number of aliphatic hydroxyl groups is 1. The van der Waals surface area contributed by atoms with Crippen molar-refractivity contribution in [3.63, 3.8) is 0 Å². The van der Waals surface area contributed by atoms with Gasteiger partial charge in [0.1, 0.15) is 9.50 Å². The number of nitrogens with one attached hydrogen (secondary N) is 1. The van der Waals surface area contributed by atoms with E-state index in [-0.39, 0.29) is 17.4 Å². The molecule has 1 aromatic heterocycles. The molecule has 4 nitrogen and oxygen atoms in total. The minimum atomic E-state index is -0.182. The van der Waals surface area contributed by atoms with Gasteiger partial charge in [0, 0.05) is 11.9 Å². The van der Waals surface area contributed by atoms with Crippen molar-refractivity contribution in [2.75, 3.05) is 6.61 Å². The third-order valence-corrected chi connectivity index (χ3v) is 3.78. The van der Waals surface area contributed by atoms with Crippen molar-refractivity contribution in [1.29, 1.82) is 0 Å². The van der Waals surface area contributed by atoms with Crippen LogP contribution in [0.3, 0.4) is 0 Å². The molecule has 0 aliphatic rings. The van der Waals surface area contributed by atoms with Gasteiger partial charge in [-0.3, -0.25) is 4.79 Å². The number of aromatic nitrogens is 2. The molecule has 78 valence electrons. The Kier molecular flexibility index (Phi) is 4.64. The minimum Gasteiger partial charge on any atom is -0.396 e. The van der Waals surface area contributed by atoms with Gasteiger partial charge in [-0.2, -0.15) is 0 Å². The molecule has 2 N–H and O–H groups in total. The Hall–Kier alpha value is -0.330. The maximum atomic E-state index is 11.2. The van der Waals surface area contributed by atoms with E-state index in [9.17, 15) is 4.79 Å². The van der Waals surface area contributed by atoms with Crippen LogP contribution in [-0.4, -0.2) is 26.9 Å². The molecule has 0 saturated carbocycles. The Morgan fingerprint density at radius 1 is 1.79 bits per heavy atom. The van der Waals surface area contributed by atoms with Crippen LogP contribution in [0.2, 0.25) is 0 Å². The van der Waals surface area contributed by atoms with E-state index in [4.69, 9.17) is 5.11 Å². The first-order valence-corrected chi connectivity index (χ1v) is 5.83. The molecule has 1 aromatic rings. The summed E-state index contributed by atoms with van der Waals surface area (Å²) in [5.41, 5.74) is -0.182. The van der Waals surface area contributed by atoms with Crippen LogP contribution in [0.25, 0.3) is 0 Å². The minimum absolute atomic E-state index is 0.148. The van der Waals surface area contributed by atoms with Crippen molar-refractivity contribution < 1.29 is 5.11 Å². The molecular formula is C8H11BrN2O2S. The third-order valence-electron chi connectivity index (χ3n) is 1.61. The summed E-state index contributed by atoms with van der Waals surface area (Å²) >= 11 is 4.64. The monoisotopic (exact) mass is 278 g/mol. The fourth-order valence-electron chi connectivity index (χ4n) is 0.880. The first-order valence-electron chi connectivity index (χ1n) is 4.16. The lowest BCUT2D eigenvalue weighted by Crippen LogP contribution is -2.09. The summed E-state index contributed by atoms with van der Waals surface area (Å²) in [4.78, 5) is 17.7. The van der Waals surface area contributed by atoms with E-state index < -0.39 is 0 Å². The van der Waals surface area contributed by atoms with Crippen molar-refractivity contribution >= 4 is 27.7 Å². The van der Waals surface area contributed by atoms with Crippen LogP contribution in [-0.2, 0) is 0 Å². The SMILES string of the molecule is CC(CCO)Sc1nc[nH]c(=O)c1Br. The van der Waals surface area contributed by atoms with Gasteiger partial charge in [0.05, 0.1) is 6.33 Å². The maximum Gasteiger partial charge on any atom is 0.266 e. The van der Waals surface area contributed by atoms with Crippen LogP contribution in [0.5, 0.6) is 0 Å². The van der Waals surface area contributed by atoms with Crippen molar-refractivity contribution in [3.8, 4) is 0 Å². The quantitative estimate of drug-likeness (QED) is 0.645. The van der Waals surface area contributed by atoms with Crippen LogP contribution in [0, 0.1) is 0 Å². The van der Waals surface area contributed by atoms with Gasteiger partial charge in [-0.25, -0.2) is 4.98 Å². The average Bonchev–Trinajstić information content (AvgIpc) is 2.13. The van der Waals surface area contributed by atoms with Gasteiger partial charge in [-0.1, -0.05) is 6.92 Å². The molecule has 0 saturated heterocycles. The highest BCUT2D eigenvalue weighted by Gasteiger charge is 2.10. The molecule has 1 atom stereocenters. The normalized spacial score (nSPS) is 12.8. The van der Waals surface area contributed by atoms with Crippen LogP contribution in [0.1, 0.15) is 13.3 Å². The number of aliphatic hydroxyl groups excluding tert-OH is 1. The zero-order valence-corrected chi connectivity index (χ0v) is 10.1. The van der Waals surface area contributed by atoms with Crippen molar-refractivity contribution in [1.82, 2.24) is 9.97 Å². The number of H-pyrrole nitrogens is 1. The number of thioether (sulfide) groups is 1. The molecule has 0 aliphatic heterocycles. The molecular weight excluding hydrogens is 268 g/mol. The summed E-state index contributed by atoms with van der Waals surface area (Å²) in [6.45, 7) is 2.13. The lowest BCUT2D eigenvalue weighted by Gasteiger charge is -2.08. The smallest absolute Gasteiger partial charge is 0.266 e. The largest absolute Gasteiger partial charge is 0.396 e. The highest BCUT2D eigenvalue weighted by molar-refractivity contribution is 9.10. The molecule has 0 aliphatic carbocycles. The Bertz CT molecular complexity index is 355. The zero-order valence-electron chi connectivity index (χ0n) is 7.66. The summed E-state index contributed by atoms with van der Waals surface area (Å²) in [5, 5.41) is 9.63. The second-order valence-corrected chi connectivity index (χ2v) is 5.01. The summed E-state index contributed by atoms with van der Waals surface area (Å²) in [6, 6.07) is 0. The molecule has 0 aromatic carbocycles. The molecule has 6 heteroatoms. The van der Waals surface area contributed by atoms with Gasteiger partial charge in [-0.05, 0) is 22.4 Å². The maximum absolute atomic E-state index is 11.2. The molecule has 1 rings (SSSR count). The summed E-state index contributed by atoms with van der Waals surface area (Å²) in [6.07, 6.45) is 2.06. The first kappa shape index (κ1) is 11.7. The highest BCUT2D eigenvalue weighted by Crippen LogP contribution is 2.26. The van der Waals surface area contributed by atoms with Gasteiger partial charge in [-0.15, -0.1) is 11.8 Å². The van der Waals surface area contributed by atoms with Crippen LogP contribution >= 0.6 is 27.7 Å². The van der Waals surface area contributed by atoms with Gasteiger partial charge < -0.3 is 10.1 Å². The first-order chi connectivity index (χ1) is 6.65. The number of hydrogen-bond acceptors (Lipinski definition) is 4. The van der Waals surface area contributed by atoms with E-state index in [1.165, 1.54) is 18.1 Å². The molecule has 0 amide bonds. The summed E-state index contributed by atoms with van der Waals surface area (Å²) in [5.74, 6) is 0. The predicted molar refractivity (Wildman–Crippen MR) is 59.6 cm³/mol. The Labute approximate surface area is 94.3 Å². The Morgan fingerprint density at radius 3 is 3.14 bits per heavy atom. The second kappa shape index (κ2) is 5.53. The van der Waals surface area contributed by atoms with E-state index in [1.54, 1.807) is 0 Å². The number of nitrogens with zero attached hydrogens (tertiary/aromatic N) is 1.